The highest BCUT2D eigenvalue weighted by Crippen LogP contribution is 2.43. The van der Waals surface area contributed by atoms with E-state index in [2.05, 4.69) is 16.0 Å². The fraction of sp³-hybridized carbons (Fsp3) is 0.831. The Hall–Kier alpha value is -6.64. The molecule has 3 N–H and O–H groups in total. The highest BCUT2D eigenvalue weighted by Gasteiger charge is 2.53. The molecule has 4 aliphatic heterocycles. The molecular weight excluding hydrogens is 1290 g/mol. The number of halogens is 4. The van der Waals surface area contributed by atoms with Gasteiger partial charge in [0.05, 0.1) is 18.9 Å². The Labute approximate surface area is 582 Å². The molecule has 558 valence electrons. The zero-order valence-electron chi connectivity index (χ0n) is 61.0. The van der Waals surface area contributed by atoms with Gasteiger partial charge in [0.1, 0.15) is 66.1 Å². The van der Waals surface area contributed by atoms with Crippen molar-refractivity contribution in [2.45, 2.75) is 268 Å². The molecule has 1 spiro atoms. The van der Waals surface area contributed by atoms with Crippen molar-refractivity contribution in [3.8, 4) is 0 Å². The van der Waals surface area contributed by atoms with E-state index in [1.54, 1.807) is 18.7 Å². The second kappa shape index (κ2) is 34.4. The number of nitrogens with one attached hydrogen (secondary N) is 3. The number of rotatable bonds is 11. The smallest absolute Gasteiger partial charge is 0.343 e. The number of hydrogen-bond donors (Lipinski definition) is 3. The van der Waals surface area contributed by atoms with E-state index in [1.165, 1.54) is 83.5 Å². The van der Waals surface area contributed by atoms with E-state index in [4.69, 9.17) is 0 Å². The molecule has 7 fully saturated rings. The van der Waals surface area contributed by atoms with E-state index in [0.29, 0.717) is 70.9 Å². The number of carbonyl (C=O) groups is 12. The monoisotopic (exact) mass is 1400 g/mol. The van der Waals surface area contributed by atoms with Gasteiger partial charge in [-0.1, -0.05) is 80.1 Å². The Morgan fingerprint density at radius 3 is 1.80 bits per heavy atom. The van der Waals surface area contributed by atoms with Crippen molar-refractivity contribution < 1.29 is 75.1 Å². The first-order chi connectivity index (χ1) is 46.6. The van der Waals surface area contributed by atoms with Crippen molar-refractivity contribution in [3.63, 3.8) is 0 Å². The van der Waals surface area contributed by atoms with Gasteiger partial charge in [-0.05, 0) is 139 Å². The first kappa shape index (κ1) is 79.7. The van der Waals surface area contributed by atoms with Crippen LogP contribution in [0.5, 0.6) is 0 Å². The van der Waals surface area contributed by atoms with Crippen molar-refractivity contribution >= 4 is 70.9 Å². The number of piperidine rings is 1. The maximum absolute atomic E-state index is 15.5. The number of likely N-dealkylation sites (tertiary alicyclic amines) is 1. The Bertz CT molecular complexity index is 2920. The average Bonchev–Trinajstić information content (AvgIpc) is 1.71. The van der Waals surface area contributed by atoms with Gasteiger partial charge in [0, 0.05) is 68.5 Å². The van der Waals surface area contributed by atoms with Crippen LogP contribution in [0, 0.1) is 35.5 Å². The standard InChI is InChI=1S/C71H114F4N12O12/c1-14-43(5)57-66(96)80(9)45(7)62(92)87-37-31-52(87)64(94)83(12)59(47-24-17-18-25-47)67(97)79(8)41-55(88)76-50(30-28-46-27-29-48(49(72)39-46)71(73,74)75)63(93)86-36-23-26-51(86)61(91)78-70(32-19-20-33-70)69(99)84(13)58(44(6)15-2)68(98)82(11)54(65(95)85-34-21-16-22-35-85)40-56(89)81(10)53(38-42(3)4)60(90)77-57/h42-54,57-59H,14-41H2,1-13H3,(H,76,88)(H,77,90)(H,78,91)/t43-,44-,45-,46?,48?,49?,50-,51-,52-,53-,54-,57-,58-,59-/m0/s1. The topological polar surface area (TPSA) is 270 Å². The minimum Gasteiger partial charge on any atom is -0.343 e. The van der Waals surface area contributed by atoms with E-state index in [0.717, 1.165) is 24.2 Å². The van der Waals surface area contributed by atoms with Gasteiger partial charge in [0.2, 0.25) is 70.9 Å². The molecule has 99 heavy (non-hydrogen) atoms. The number of nitrogens with zero attached hydrogens (tertiary/aromatic N) is 9. The summed E-state index contributed by atoms with van der Waals surface area (Å²) in [7, 11) is 8.61. The number of hydrogen-bond acceptors (Lipinski definition) is 12. The lowest BCUT2D eigenvalue weighted by Gasteiger charge is -2.45. The molecule has 12 amide bonds. The SMILES string of the molecule is CC[C@H](C)[C@@H]1NC(=O)[C@H](CC(C)C)N(C)C(=O)C[C@@H](C(=O)N2CCCCC2)N(C)C(=O)[C@H]([C@@H](C)CC)N(C)C(=O)C2(CCCC2)NC(=O)[C@@H]2CCCN2C(=O)[C@H](CCC2CCC(C(F)(F)F)C(F)C2)NC(=O)CN(C)C(=O)[C@H](C2CCCC2)N(C)C(=O)[C@@H]2CCN2C(=O)[C@H](C)N(C)C1=O. The maximum atomic E-state index is 15.5. The summed E-state index contributed by atoms with van der Waals surface area (Å²) in [5, 5.41) is 8.74. The van der Waals surface area contributed by atoms with Crippen molar-refractivity contribution in [1.29, 1.82) is 0 Å². The molecule has 0 bridgehead atoms. The second-order valence-electron chi connectivity index (χ2n) is 30.4. The number of carbonyl (C=O) groups excluding carboxylic acids is 12. The summed E-state index contributed by atoms with van der Waals surface area (Å²) in [6, 6.07) is -11.0. The molecule has 0 aromatic heterocycles. The second-order valence-corrected chi connectivity index (χ2v) is 30.4. The first-order valence-corrected chi connectivity index (χ1v) is 36.7. The van der Waals surface area contributed by atoms with Crippen LogP contribution in [0.4, 0.5) is 17.6 Å². The molecule has 4 heterocycles. The summed E-state index contributed by atoms with van der Waals surface area (Å²) in [4.78, 5) is 192. The predicted molar refractivity (Wildman–Crippen MR) is 361 cm³/mol. The quantitative estimate of drug-likeness (QED) is 0.219. The van der Waals surface area contributed by atoms with Crippen molar-refractivity contribution in [3.05, 3.63) is 0 Å². The van der Waals surface area contributed by atoms with E-state index in [9.17, 15) is 41.9 Å². The first-order valence-electron chi connectivity index (χ1n) is 36.7. The summed E-state index contributed by atoms with van der Waals surface area (Å²) < 4.78 is 56.8. The van der Waals surface area contributed by atoms with Crippen LogP contribution in [0.25, 0.3) is 0 Å². The van der Waals surface area contributed by atoms with Crippen LogP contribution in [0.15, 0.2) is 0 Å². The van der Waals surface area contributed by atoms with E-state index in [1.807, 2.05) is 27.7 Å². The molecule has 3 saturated carbocycles. The number of alkyl halides is 4. The van der Waals surface area contributed by atoms with Gasteiger partial charge in [0.15, 0.2) is 0 Å². The van der Waals surface area contributed by atoms with Crippen LogP contribution in [-0.2, 0) is 57.5 Å². The van der Waals surface area contributed by atoms with Gasteiger partial charge >= 0.3 is 6.18 Å². The van der Waals surface area contributed by atoms with Crippen LogP contribution < -0.4 is 16.0 Å². The number of amides is 12. The fourth-order valence-corrected chi connectivity index (χ4v) is 16.4. The average molecular weight is 1400 g/mol. The molecule has 4 saturated heterocycles. The highest BCUT2D eigenvalue weighted by atomic mass is 19.4. The molecular formula is C71H114F4N12O12. The maximum Gasteiger partial charge on any atom is 0.394 e. The lowest BCUT2D eigenvalue weighted by Crippen LogP contribution is -2.65. The Morgan fingerprint density at radius 2 is 1.22 bits per heavy atom. The molecule has 7 rings (SSSR count). The van der Waals surface area contributed by atoms with Crippen LogP contribution in [0.1, 0.15) is 196 Å². The van der Waals surface area contributed by atoms with Crippen LogP contribution in [0.3, 0.4) is 0 Å². The van der Waals surface area contributed by atoms with Gasteiger partial charge in [-0.15, -0.1) is 0 Å². The molecule has 0 aromatic rings. The van der Waals surface area contributed by atoms with Crippen molar-refractivity contribution in [1.82, 2.24) is 60.0 Å². The van der Waals surface area contributed by atoms with E-state index < -0.39 is 193 Å². The summed E-state index contributed by atoms with van der Waals surface area (Å²) >= 11 is 0. The third-order valence-electron chi connectivity index (χ3n) is 23.3. The van der Waals surface area contributed by atoms with Gasteiger partial charge < -0.3 is 60.0 Å². The molecule has 14 atom stereocenters. The third kappa shape index (κ3) is 18.4. The molecule has 7 aliphatic rings. The summed E-state index contributed by atoms with van der Waals surface area (Å²) in [5.41, 5.74) is -1.59. The Morgan fingerprint density at radius 1 is 0.596 bits per heavy atom. The van der Waals surface area contributed by atoms with Gasteiger partial charge in [-0.3, -0.25) is 57.5 Å². The molecule has 3 unspecified atom stereocenters. The molecule has 3 aliphatic carbocycles. The van der Waals surface area contributed by atoms with Crippen LogP contribution >= 0.6 is 0 Å². The highest BCUT2D eigenvalue weighted by molar-refractivity contribution is 6.01. The van der Waals surface area contributed by atoms with E-state index >= 15 is 33.2 Å². The fourth-order valence-electron chi connectivity index (χ4n) is 16.4. The van der Waals surface area contributed by atoms with Gasteiger partial charge in [0.25, 0.3) is 0 Å². The minimum atomic E-state index is -4.75. The van der Waals surface area contributed by atoms with Crippen molar-refractivity contribution in [2.75, 3.05) is 75.0 Å². The van der Waals surface area contributed by atoms with Crippen molar-refractivity contribution in [2.24, 2.45) is 35.5 Å². The van der Waals surface area contributed by atoms with Gasteiger partial charge in [-0.25, -0.2) is 4.39 Å². The Kier molecular flexibility index (Phi) is 27.6. The predicted octanol–water partition coefficient (Wildman–Crippen LogP) is 5.43. The minimum absolute atomic E-state index is 0.000312. The lowest BCUT2D eigenvalue weighted by molar-refractivity contribution is -0.201. The summed E-state index contributed by atoms with van der Waals surface area (Å²) in [6.45, 7) is 12.8. The van der Waals surface area contributed by atoms with Crippen LogP contribution in [-0.4, -0.2) is 262 Å². The zero-order valence-corrected chi connectivity index (χ0v) is 61.0. The molecule has 0 radical (unpaired) electrons. The molecule has 28 heteroatoms. The summed E-state index contributed by atoms with van der Waals surface area (Å²) in [5.74, 6) is -11.9. The zero-order chi connectivity index (χ0) is 73.3. The number of likely N-dealkylation sites (N-methyl/N-ethyl adjacent to an activating group) is 6. The summed E-state index contributed by atoms with van der Waals surface area (Å²) in [6.07, 6.45) is -0.771. The van der Waals surface area contributed by atoms with E-state index in [-0.39, 0.29) is 76.3 Å². The number of fused-ring (bicyclic) bond motifs is 2. The van der Waals surface area contributed by atoms with Gasteiger partial charge in [-0.2, -0.15) is 13.2 Å². The Balaban J connectivity index is 1.28. The molecule has 0 aromatic carbocycles. The largest absolute Gasteiger partial charge is 0.394 e. The molecule has 24 nitrogen and oxygen atoms in total. The lowest BCUT2D eigenvalue weighted by atomic mass is 9.78. The normalized spacial score (nSPS) is 31.3. The third-order valence-corrected chi connectivity index (χ3v) is 23.3. The van der Waals surface area contributed by atoms with Crippen LogP contribution in [0.2, 0.25) is 0 Å².